The van der Waals surface area contributed by atoms with Crippen LogP contribution in [0.1, 0.15) is 11.1 Å². The summed E-state index contributed by atoms with van der Waals surface area (Å²) < 4.78 is 0. The van der Waals surface area contributed by atoms with Gasteiger partial charge >= 0.3 is 0 Å². The Kier molecular flexibility index (Phi) is 2.76. The fourth-order valence-corrected chi connectivity index (χ4v) is 2.32. The van der Waals surface area contributed by atoms with Crippen molar-refractivity contribution in [3.8, 4) is 0 Å². The van der Waals surface area contributed by atoms with E-state index >= 15 is 0 Å². The first-order valence-electron chi connectivity index (χ1n) is 6.03. The number of nitro benzene ring substituents is 1. The summed E-state index contributed by atoms with van der Waals surface area (Å²) in [7, 11) is 0. The van der Waals surface area contributed by atoms with E-state index in [1.54, 1.807) is 18.2 Å². The zero-order valence-electron chi connectivity index (χ0n) is 10.2. The lowest BCUT2D eigenvalue weighted by Crippen LogP contribution is -1.95. The Labute approximate surface area is 109 Å². The second-order valence-electron chi connectivity index (χ2n) is 4.42. The van der Waals surface area contributed by atoms with E-state index in [1.807, 2.05) is 36.5 Å². The Balaban J connectivity index is 2.04. The standard InChI is InChI=1S/C15H12N2O2/c18-17(19)15-8-4-1-5-11(15)9-12-10-16-14-7-3-2-6-13(12)14/h1-8,10,16H,9H2. The van der Waals surface area contributed by atoms with Crippen molar-refractivity contribution < 1.29 is 4.92 Å². The molecule has 0 spiro atoms. The van der Waals surface area contributed by atoms with Gasteiger partial charge in [0.15, 0.2) is 0 Å². The van der Waals surface area contributed by atoms with Crippen molar-refractivity contribution in [1.29, 1.82) is 0 Å². The van der Waals surface area contributed by atoms with Gasteiger partial charge in [0.05, 0.1) is 4.92 Å². The Hall–Kier alpha value is -2.62. The molecule has 0 saturated carbocycles. The number of nitrogens with one attached hydrogen (secondary N) is 1. The van der Waals surface area contributed by atoms with E-state index in [4.69, 9.17) is 0 Å². The van der Waals surface area contributed by atoms with Crippen LogP contribution in [-0.2, 0) is 6.42 Å². The molecule has 0 radical (unpaired) electrons. The fourth-order valence-electron chi connectivity index (χ4n) is 2.32. The first kappa shape index (κ1) is 11.5. The molecule has 4 heteroatoms. The molecule has 94 valence electrons. The van der Waals surface area contributed by atoms with Gasteiger partial charge in [0.25, 0.3) is 5.69 Å². The molecule has 2 aromatic carbocycles. The summed E-state index contributed by atoms with van der Waals surface area (Å²) in [6.07, 6.45) is 2.47. The highest BCUT2D eigenvalue weighted by atomic mass is 16.6. The summed E-state index contributed by atoms with van der Waals surface area (Å²) in [5, 5.41) is 12.1. The second kappa shape index (κ2) is 4.57. The summed E-state index contributed by atoms with van der Waals surface area (Å²) in [4.78, 5) is 13.9. The van der Waals surface area contributed by atoms with Gasteiger partial charge in [-0.25, -0.2) is 0 Å². The molecule has 4 nitrogen and oxygen atoms in total. The number of hydrogen-bond acceptors (Lipinski definition) is 2. The molecule has 0 aliphatic heterocycles. The van der Waals surface area contributed by atoms with Gasteiger partial charge in [-0.3, -0.25) is 10.1 Å². The number of nitro groups is 1. The minimum atomic E-state index is -0.329. The molecule has 3 aromatic rings. The Morgan fingerprint density at radius 1 is 1.00 bits per heavy atom. The first-order valence-corrected chi connectivity index (χ1v) is 6.03. The lowest BCUT2D eigenvalue weighted by Gasteiger charge is -2.02. The average molecular weight is 252 g/mol. The maximum atomic E-state index is 11.0. The zero-order chi connectivity index (χ0) is 13.2. The van der Waals surface area contributed by atoms with Crippen LogP contribution in [-0.4, -0.2) is 9.91 Å². The number of H-pyrrole nitrogens is 1. The molecule has 0 bridgehead atoms. The highest BCUT2D eigenvalue weighted by Gasteiger charge is 2.14. The second-order valence-corrected chi connectivity index (χ2v) is 4.42. The molecule has 0 saturated heterocycles. The molecule has 0 unspecified atom stereocenters. The monoisotopic (exact) mass is 252 g/mol. The van der Waals surface area contributed by atoms with Crippen LogP contribution < -0.4 is 0 Å². The van der Waals surface area contributed by atoms with Gasteiger partial charge < -0.3 is 4.98 Å². The van der Waals surface area contributed by atoms with Crippen LogP contribution in [0.3, 0.4) is 0 Å². The van der Waals surface area contributed by atoms with Crippen LogP contribution in [0.2, 0.25) is 0 Å². The van der Waals surface area contributed by atoms with Crippen molar-refractivity contribution in [2.45, 2.75) is 6.42 Å². The quantitative estimate of drug-likeness (QED) is 0.571. The van der Waals surface area contributed by atoms with Crippen molar-refractivity contribution >= 4 is 16.6 Å². The number of para-hydroxylation sites is 2. The lowest BCUT2D eigenvalue weighted by atomic mass is 10.0. The predicted octanol–water partition coefficient (Wildman–Crippen LogP) is 3.67. The summed E-state index contributed by atoms with van der Waals surface area (Å²) in [6, 6.07) is 14.8. The van der Waals surface area contributed by atoms with Crippen molar-refractivity contribution in [1.82, 2.24) is 4.98 Å². The van der Waals surface area contributed by atoms with Crippen LogP contribution in [0.4, 0.5) is 5.69 Å². The van der Waals surface area contributed by atoms with E-state index in [0.29, 0.717) is 6.42 Å². The molecule has 0 aliphatic rings. The van der Waals surface area contributed by atoms with Gasteiger partial charge in [0.2, 0.25) is 0 Å². The molecule has 0 fully saturated rings. The first-order chi connectivity index (χ1) is 9.25. The van der Waals surface area contributed by atoms with Crippen molar-refractivity contribution in [2.24, 2.45) is 0 Å². The number of rotatable bonds is 3. The van der Waals surface area contributed by atoms with E-state index < -0.39 is 0 Å². The number of aromatic amines is 1. The van der Waals surface area contributed by atoms with Gasteiger partial charge in [-0.2, -0.15) is 0 Å². The molecule has 19 heavy (non-hydrogen) atoms. The third-order valence-corrected chi connectivity index (χ3v) is 3.24. The SMILES string of the molecule is O=[N+]([O-])c1ccccc1Cc1c[nH]c2ccccc12. The molecule has 0 atom stereocenters. The third-order valence-electron chi connectivity index (χ3n) is 3.24. The Morgan fingerprint density at radius 2 is 1.74 bits per heavy atom. The maximum Gasteiger partial charge on any atom is 0.272 e. The summed E-state index contributed by atoms with van der Waals surface area (Å²) in [6.45, 7) is 0. The van der Waals surface area contributed by atoms with Crippen LogP contribution in [0.15, 0.2) is 54.7 Å². The van der Waals surface area contributed by atoms with E-state index in [-0.39, 0.29) is 10.6 Å². The molecular formula is C15H12N2O2. The van der Waals surface area contributed by atoms with Crippen LogP contribution >= 0.6 is 0 Å². The van der Waals surface area contributed by atoms with Gasteiger partial charge in [-0.05, 0) is 11.6 Å². The number of fused-ring (bicyclic) bond motifs is 1. The summed E-state index contributed by atoms with van der Waals surface area (Å²) in [5.41, 5.74) is 3.03. The maximum absolute atomic E-state index is 11.0. The largest absolute Gasteiger partial charge is 0.361 e. The number of aromatic nitrogens is 1. The molecule has 0 aliphatic carbocycles. The molecule has 3 rings (SSSR count). The van der Waals surface area contributed by atoms with Crippen molar-refractivity contribution in [3.05, 3.63) is 76.0 Å². The normalized spacial score (nSPS) is 10.7. The fraction of sp³-hybridized carbons (Fsp3) is 0.0667. The highest BCUT2D eigenvalue weighted by molar-refractivity contribution is 5.83. The van der Waals surface area contributed by atoms with Crippen molar-refractivity contribution in [2.75, 3.05) is 0 Å². The summed E-state index contributed by atoms with van der Waals surface area (Å²) in [5.74, 6) is 0. The van der Waals surface area contributed by atoms with Crippen molar-refractivity contribution in [3.63, 3.8) is 0 Å². The molecular weight excluding hydrogens is 240 g/mol. The number of hydrogen-bond donors (Lipinski definition) is 1. The molecule has 1 N–H and O–H groups in total. The van der Waals surface area contributed by atoms with E-state index in [2.05, 4.69) is 4.98 Å². The lowest BCUT2D eigenvalue weighted by molar-refractivity contribution is -0.385. The smallest absolute Gasteiger partial charge is 0.272 e. The van der Waals surface area contributed by atoms with E-state index in [1.165, 1.54) is 0 Å². The van der Waals surface area contributed by atoms with Gasteiger partial charge in [0, 0.05) is 35.2 Å². The summed E-state index contributed by atoms with van der Waals surface area (Å²) >= 11 is 0. The number of benzene rings is 2. The zero-order valence-corrected chi connectivity index (χ0v) is 10.2. The third kappa shape index (κ3) is 2.08. The Morgan fingerprint density at radius 3 is 2.58 bits per heavy atom. The number of nitrogens with zero attached hydrogens (tertiary/aromatic N) is 1. The van der Waals surface area contributed by atoms with E-state index in [0.717, 1.165) is 22.0 Å². The molecule has 1 aromatic heterocycles. The van der Waals surface area contributed by atoms with Crippen LogP contribution in [0, 0.1) is 10.1 Å². The highest BCUT2D eigenvalue weighted by Crippen LogP contribution is 2.25. The van der Waals surface area contributed by atoms with Crippen LogP contribution in [0.5, 0.6) is 0 Å². The van der Waals surface area contributed by atoms with Gasteiger partial charge in [0.1, 0.15) is 0 Å². The molecule has 0 amide bonds. The molecule has 1 heterocycles. The predicted molar refractivity (Wildman–Crippen MR) is 74.2 cm³/mol. The average Bonchev–Trinajstić information content (AvgIpc) is 2.83. The Bertz CT molecular complexity index is 746. The van der Waals surface area contributed by atoms with Crippen LogP contribution in [0.25, 0.3) is 10.9 Å². The van der Waals surface area contributed by atoms with Gasteiger partial charge in [-0.1, -0.05) is 36.4 Å². The van der Waals surface area contributed by atoms with E-state index in [9.17, 15) is 10.1 Å². The minimum Gasteiger partial charge on any atom is -0.361 e. The minimum absolute atomic E-state index is 0.174. The van der Waals surface area contributed by atoms with Gasteiger partial charge in [-0.15, -0.1) is 0 Å². The topological polar surface area (TPSA) is 58.9 Å².